The molecule has 0 aliphatic carbocycles. The first-order valence-corrected chi connectivity index (χ1v) is 7.70. The van der Waals surface area contributed by atoms with Crippen LogP contribution in [0.5, 0.6) is 0 Å². The van der Waals surface area contributed by atoms with Crippen LogP contribution in [0.25, 0.3) is 0 Å². The molecule has 98 valence electrons. The predicted octanol–water partition coefficient (Wildman–Crippen LogP) is 2.76. The summed E-state index contributed by atoms with van der Waals surface area (Å²) < 4.78 is 0. The number of rotatable bonds is 1. The Balaban J connectivity index is 1.81. The van der Waals surface area contributed by atoms with Crippen molar-refractivity contribution in [3.63, 3.8) is 0 Å². The summed E-state index contributed by atoms with van der Waals surface area (Å²) in [4.78, 5) is 17.7. The summed E-state index contributed by atoms with van der Waals surface area (Å²) >= 11 is 1.68. The maximum Gasteiger partial charge on any atom is 0.264 e. The molecule has 0 spiro atoms. The van der Waals surface area contributed by atoms with Crippen molar-refractivity contribution in [1.29, 1.82) is 0 Å². The molecule has 0 radical (unpaired) electrons. The van der Waals surface area contributed by atoms with Gasteiger partial charge >= 0.3 is 0 Å². The summed E-state index contributed by atoms with van der Waals surface area (Å²) in [6, 6.07) is 2.13. The molecule has 4 heteroatoms. The van der Waals surface area contributed by atoms with E-state index in [9.17, 15) is 4.79 Å². The van der Waals surface area contributed by atoms with Crippen LogP contribution in [0.3, 0.4) is 0 Å². The van der Waals surface area contributed by atoms with E-state index < -0.39 is 0 Å². The lowest BCUT2D eigenvalue weighted by atomic mass is 10.1. The van der Waals surface area contributed by atoms with Gasteiger partial charge < -0.3 is 9.80 Å². The molecule has 1 saturated heterocycles. The van der Waals surface area contributed by atoms with Crippen molar-refractivity contribution < 1.29 is 4.79 Å². The van der Waals surface area contributed by atoms with Gasteiger partial charge in [-0.3, -0.25) is 4.79 Å². The van der Waals surface area contributed by atoms with E-state index in [1.54, 1.807) is 11.3 Å². The molecule has 18 heavy (non-hydrogen) atoms. The van der Waals surface area contributed by atoms with Gasteiger partial charge in [-0.15, -0.1) is 11.3 Å². The highest BCUT2D eigenvalue weighted by atomic mass is 32.1. The number of nitrogens with zero attached hydrogens (tertiary/aromatic N) is 2. The average Bonchev–Trinajstić information content (AvgIpc) is 2.84. The summed E-state index contributed by atoms with van der Waals surface area (Å²) in [6.45, 7) is 3.00. The molecule has 1 aromatic heterocycles. The molecule has 0 aromatic carbocycles. The van der Waals surface area contributed by atoms with Crippen LogP contribution in [0, 0.1) is 0 Å². The molecule has 2 aliphatic heterocycles. The van der Waals surface area contributed by atoms with E-state index in [-0.39, 0.29) is 5.91 Å². The quantitative estimate of drug-likeness (QED) is 0.778. The van der Waals surface area contributed by atoms with Gasteiger partial charge in [0.1, 0.15) is 0 Å². The Hall–Kier alpha value is -1.03. The predicted molar refractivity (Wildman–Crippen MR) is 75.7 cm³/mol. The zero-order valence-corrected chi connectivity index (χ0v) is 11.8. The number of aryl methyl sites for hydroxylation is 1. The largest absolute Gasteiger partial charge is 0.366 e. The van der Waals surface area contributed by atoms with Gasteiger partial charge in [-0.2, -0.15) is 0 Å². The number of hydrogen-bond acceptors (Lipinski definition) is 3. The van der Waals surface area contributed by atoms with Crippen molar-refractivity contribution in [2.75, 3.05) is 31.6 Å². The van der Waals surface area contributed by atoms with Gasteiger partial charge in [0.05, 0.1) is 9.88 Å². The number of carbonyl (C=O) groups is 1. The van der Waals surface area contributed by atoms with E-state index in [1.165, 1.54) is 23.4 Å². The first kappa shape index (κ1) is 12.0. The standard InChI is InChI=1S/C14H20N2OS/c1-15-7-5-6-11-10-12(18-14(11)15)13(17)16-8-3-2-4-9-16/h10H,2-9H2,1H3. The number of likely N-dealkylation sites (tertiary alicyclic amines) is 1. The second-order valence-electron chi connectivity index (χ2n) is 5.32. The Kier molecular flexibility index (Phi) is 3.29. The van der Waals surface area contributed by atoms with Crippen LogP contribution in [0.4, 0.5) is 5.00 Å². The van der Waals surface area contributed by atoms with Gasteiger partial charge in [0.2, 0.25) is 0 Å². The molecule has 1 amide bonds. The van der Waals surface area contributed by atoms with Gasteiger partial charge in [-0.05, 0) is 43.7 Å². The van der Waals surface area contributed by atoms with Crippen LogP contribution in [0.15, 0.2) is 6.07 Å². The van der Waals surface area contributed by atoms with Crippen LogP contribution in [0.1, 0.15) is 40.9 Å². The molecule has 0 saturated carbocycles. The second kappa shape index (κ2) is 4.92. The fourth-order valence-corrected chi connectivity index (χ4v) is 4.05. The Morgan fingerprint density at radius 3 is 2.67 bits per heavy atom. The van der Waals surface area contributed by atoms with Crippen molar-refractivity contribution >= 4 is 22.2 Å². The van der Waals surface area contributed by atoms with E-state index in [2.05, 4.69) is 18.0 Å². The van der Waals surface area contributed by atoms with E-state index >= 15 is 0 Å². The first-order chi connectivity index (χ1) is 8.75. The van der Waals surface area contributed by atoms with Crippen LogP contribution in [0.2, 0.25) is 0 Å². The lowest BCUT2D eigenvalue weighted by molar-refractivity contribution is 0.0729. The Bertz CT molecular complexity index is 449. The lowest BCUT2D eigenvalue weighted by Crippen LogP contribution is -2.35. The molecule has 3 nitrogen and oxygen atoms in total. The van der Waals surface area contributed by atoms with E-state index in [0.717, 1.165) is 43.8 Å². The molecule has 0 atom stereocenters. The van der Waals surface area contributed by atoms with Gasteiger partial charge in [0.25, 0.3) is 5.91 Å². The third-order valence-corrected chi connectivity index (χ3v) is 5.21. The Morgan fingerprint density at radius 1 is 1.17 bits per heavy atom. The van der Waals surface area contributed by atoms with Crippen molar-refractivity contribution in [2.45, 2.75) is 32.1 Å². The smallest absolute Gasteiger partial charge is 0.264 e. The van der Waals surface area contributed by atoms with Crippen molar-refractivity contribution in [2.24, 2.45) is 0 Å². The second-order valence-corrected chi connectivity index (χ2v) is 6.35. The zero-order valence-electron chi connectivity index (χ0n) is 10.9. The molecule has 0 bridgehead atoms. The monoisotopic (exact) mass is 264 g/mol. The SMILES string of the molecule is CN1CCCc2cc(C(=O)N3CCCCC3)sc21. The molecule has 3 heterocycles. The average molecular weight is 264 g/mol. The third-order valence-electron chi connectivity index (χ3n) is 3.93. The number of piperidine rings is 1. The maximum atomic E-state index is 12.4. The van der Waals surface area contributed by atoms with Gasteiger partial charge in [-0.25, -0.2) is 0 Å². The fourth-order valence-electron chi connectivity index (χ4n) is 2.89. The Morgan fingerprint density at radius 2 is 1.94 bits per heavy atom. The number of anilines is 1. The third kappa shape index (κ3) is 2.14. The lowest BCUT2D eigenvalue weighted by Gasteiger charge is -2.26. The minimum Gasteiger partial charge on any atom is -0.366 e. The molecule has 0 N–H and O–H groups in total. The highest BCUT2D eigenvalue weighted by Crippen LogP contribution is 2.35. The van der Waals surface area contributed by atoms with Crippen molar-refractivity contribution in [3.05, 3.63) is 16.5 Å². The van der Waals surface area contributed by atoms with E-state index in [1.807, 2.05) is 4.90 Å². The summed E-state index contributed by atoms with van der Waals surface area (Å²) in [5.74, 6) is 0.252. The van der Waals surface area contributed by atoms with E-state index in [0.29, 0.717) is 0 Å². The summed E-state index contributed by atoms with van der Waals surface area (Å²) in [5, 5.41) is 1.31. The minimum atomic E-state index is 0.252. The fraction of sp³-hybridized carbons (Fsp3) is 0.643. The molecule has 2 aliphatic rings. The van der Waals surface area contributed by atoms with Crippen molar-refractivity contribution in [1.82, 2.24) is 4.90 Å². The van der Waals surface area contributed by atoms with Gasteiger partial charge in [0, 0.05) is 26.7 Å². The molecule has 0 unspecified atom stereocenters. The van der Waals surface area contributed by atoms with Gasteiger partial charge in [-0.1, -0.05) is 0 Å². The normalized spacial score (nSPS) is 19.8. The number of thiophene rings is 1. The van der Waals surface area contributed by atoms with Crippen molar-refractivity contribution in [3.8, 4) is 0 Å². The number of amides is 1. The van der Waals surface area contributed by atoms with E-state index in [4.69, 9.17) is 0 Å². The zero-order chi connectivity index (χ0) is 12.5. The maximum absolute atomic E-state index is 12.4. The van der Waals surface area contributed by atoms with Crippen LogP contribution in [-0.2, 0) is 6.42 Å². The summed E-state index contributed by atoms with van der Waals surface area (Å²) in [6.07, 6.45) is 5.93. The highest BCUT2D eigenvalue weighted by Gasteiger charge is 2.24. The summed E-state index contributed by atoms with van der Waals surface area (Å²) in [7, 11) is 2.13. The topological polar surface area (TPSA) is 23.6 Å². The molecular formula is C14H20N2OS. The van der Waals surface area contributed by atoms with Crippen LogP contribution >= 0.6 is 11.3 Å². The molecule has 1 fully saturated rings. The van der Waals surface area contributed by atoms with Gasteiger partial charge in [0.15, 0.2) is 0 Å². The highest BCUT2D eigenvalue weighted by molar-refractivity contribution is 7.18. The van der Waals surface area contributed by atoms with Crippen LogP contribution < -0.4 is 4.90 Å². The molecule has 1 aromatic rings. The van der Waals surface area contributed by atoms with Crippen LogP contribution in [-0.4, -0.2) is 37.5 Å². The molecule has 3 rings (SSSR count). The minimum absolute atomic E-state index is 0.252. The first-order valence-electron chi connectivity index (χ1n) is 6.89. The number of fused-ring (bicyclic) bond motifs is 1. The Labute approximate surface area is 112 Å². The number of carbonyl (C=O) groups excluding carboxylic acids is 1. The summed E-state index contributed by atoms with van der Waals surface area (Å²) in [5.41, 5.74) is 1.37. The number of hydrogen-bond donors (Lipinski definition) is 0. The molecular weight excluding hydrogens is 244 g/mol.